The molecule has 1 fully saturated rings. The maximum atomic E-state index is 4.77. The lowest BCUT2D eigenvalue weighted by molar-refractivity contribution is 0.751. The van der Waals surface area contributed by atoms with Crippen LogP contribution in [-0.2, 0) is 0 Å². The van der Waals surface area contributed by atoms with Gasteiger partial charge in [0.2, 0.25) is 0 Å². The van der Waals surface area contributed by atoms with Crippen LogP contribution >= 0.6 is 11.8 Å². The van der Waals surface area contributed by atoms with Crippen LogP contribution in [0.5, 0.6) is 0 Å². The van der Waals surface area contributed by atoms with Crippen LogP contribution in [0, 0.1) is 6.92 Å². The largest absolute Gasteiger partial charge is 0.373 e. The summed E-state index contributed by atoms with van der Waals surface area (Å²) in [6.45, 7) is 8.55. The average molecular weight is 266 g/mol. The molecule has 0 unspecified atom stereocenters. The summed E-state index contributed by atoms with van der Waals surface area (Å²) in [6, 6.07) is 0. The Labute approximate surface area is 114 Å². The first kappa shape index (κ1) is 13.5. The van der Waals surface area contributed by atoms with Gasteiger partial charge in [-0.05, 0) is 6.92 Å². The molecular weight excluding hydrogens is 244 g/mol. The van der Waals surface area contributed by atoms with E-state index in [0.717, 1.165) is 36.1 Å². The van der Waals surface area contributed by atoms with Gasteiger partial charge in [-0.2, -0.15) is 11.8 Å². The summed E-state index contributed by atoms with van der Waals surface area (Å²) in [5.41, 5.74) is 1.16. The van der Waals surface area contributed by atoms with Crippen molar-refractivity contribution in [3.8, 4) is 0 Å². The van der Waals surface area contributed by atoms with E-state index >= 15 is 0 Å². The van der Waals surface area contributed by atoms with Crippen LogP contribution in [-0.4, -0.2) is 41.6 Å². The zero-order valence-electron chi connectivity index (χ0n) is 11.7. The Bertz CT molecular complexity index is 414. The second kappa shape index (κ2) is 5.78. The standard InChI is InChI=1S/C13H22N4S/c1-9(2)11-15-12(14-4)10(3)13(16-11)17-5-7-18-8-6-17/h9H,5-8H2,1-4H3,(H,14,15,16). The molecule has 0 spiro atoms. The van der Waals surface area contributed by atoms with Crippen molar-refractivity contribution in [3.63, 3.8) is 0 Å². The van der Waals surface area contributed by atoms with Crippen molar-refractivity contribution in [3.05, 3.63) is 11.4 Å². The molecule has 1 saturated heterocycles. The molecule has 1 aromatic rings. The monoisotopic (exact) mass is 266 g/mol. The lowest BCUT2D eigenvalue weighted by atomic mass is 10.2. The highest BCUT2D eigenvalue weighted by molar-refractivity contribution is 7.99. The Morgan fingerprint density at radius 2 is 1.89 bits per heavy atom. The fraction of sp³-hybridized carbons (Fsp3) is 0.692. The highest BCUT2D eigenvalue weighted by atomic mass is 32.2. The van der Waals surface area contributed by atoms with Crippen LogP contribution in [0.4, 0.5) is 11.6 Å². The third-order valence-electron chi connectivity index (χ3n) is 3.20. The van der Waals surface area contributed by atoms with Gasteiger partial charge in [0.25, 0.3) is 0 Å². The number of rotatable bonds is 3. The Morgan fingerprint density at radius 1 is 1.22 bits per heavy atom. The quantitative estimate of drug-likeness (QED) is 0.910. The van der Waals surface area contributed by atoms with Crippen LogP contribution in [0.2, 0.25) is 0 Å². The average Bonchev–Trinajstić information content (AvgIpc) is 2.39. The van der Waals surface area contributed by atoms with Crippen molar-refractivity contribution in [2.45, 2.75) is 26.7 Å². The summed E-state index contributed by atoms with van der Waals surface area (Å²) in [5, 5.41) is 3.19. The molecular formula is C13H22N4S. The van der Waals surface area contributed by atoms with Crippen molar-refractivity contribution in [1.82, 2.24) is 9.97 Å². The van der Waals surface area contributed by atoms with Crippen LogP contribution in [0.3, 0.4) is 0 Å². The van der Waals surface area contributed by atoms with Gasteiger partial charge < -0.3 is 10.2 Å². The fourth-order valence-electron chi connectivity index (χ4n) is 2.11. The van der Waals surface area contributed by atoms with E-state index in [1.54, 1.807) is 0 Å². The van der Waals surface area contributed by atoms with E-state index in [1.807, 2.05) is 18.8 Å². The molecule has 0 radical (unpaired) electrons. The molecule has 2 rings (SSSR count). The van der Waals surface area contributed by atoms with Gasteiger partial charge >= 0.3 is 0 Å². The first-order valence-corrected chi connectivity index (χ1v) is 7.68. The number of aromatic nitrogens is 2. The van der Waals surface area contributed by atoms with Crippen LogP contribution in [0.1, 0.15) is 31.2 Å². The third kappa shape index (κ3) is 2.71. The maximum Gasteiger partial charge on any atom is 0.137 e. The Kier molecular flexibility index (Phi) is 4.32. The van der Waals surface area contributed by atoms with Gasteiger partial charge in [0, 0.05) is 43.1 Å². The van der Waals surface area contributed by atoms with Crippen LogP contribution < -0.4 is 10.2 Å². The summed E-state index contributed by atoms with van der Waals surface area (Å²) in [7, 11) is 1.93. The van der Waals surface area contributed by atoms with E-state index in [9.17, 15) is 0 Å². The predicted octanol–water partition coefficient (Wildman–Crippen LogP) is 2.50. The molecule has 1 aliphatic rings. The number of hydrogen-bond donors (Lipinski definition) is 1. The maximum absolute atomic E-state index is 4.77. The van der Waals surface area contributed by atoms with E-state index in [1.165, 1.54) is 11.5 Å². The molecule has 5 heteroatoms. The zero-order valence-corrected chi connectivity index (χ0v) is 12.5. The van der Waals surface area contributed by atoms with E-state index in [0.29, 0.717) is 5.92 Å². The molecule has 0 atom stereocenters. The van der Waals surface area contributed by atoms with Gasteiger partial charge in [-0.3, -0.25) is 0 Å². The first-order valence-electron chi connectivity index (χ1n) is 6.52. The number of anilines is 2. The third-order valence-corrected chi connectivity index (χ3v) is 4.14. The predicted molar refractivity (Wildman–Crippen MR) is 79.9 cm³/mol. The summed E-state index contributed by atoms with van der Waals surface area (Å²) < 4.78 is 0. The smallest absolute Gasteiger partial charge is 0.137 e. The minimum atomic E-state index is 0.357. The molecule has 0 aliphatic carbocycles. The molecule has 4 nitrogen and oxygen atoms in total. The van der Waals surface area contributed by atoms with Crippen LogP contribution in [0.15, 0.2) is 0 Å². The number of nitrogens with one attached hydrogen (secondary N) is 1. The van der Waals surface area contributed by atoms with E-state index < -0.39 is 0 Å². The second-order valence-corrected chi connectivity index (χ2v) is 6.11. The highest BCUT2D eigenvalue weighted by Crippen LogP contribution is 2.27. The number of hydrogen-bond acceptors (Lipinski definition) is 5. The summed E-state index contributed by atoms with van der Waals surface area (Å²) in [5.74, 6) is 5.74. The normalized spacial score (nSPS) is 16.2. The molecule has 0 bridgehead atoms. The molecule has 0 saturated carbocycles. The fourth-order valence-corrected chi connectivity index (χ4v) is 3.01. The zero-order chi connectivity index (χ0) is 13.1. The Balaban J connectivity index is 2.40. The number of nitrogens with zero attached hydrogens (tertiary/aromatic N) is 3. The van der Waals surface area contributed by atoms with Gasteiger partial charge in [-0.25, -0.2) is 9.97 Å². The second-order valence-electron chi connectivity index (χ2n) is 4.88. The van der Waals surface area contributed by atoms with Gasteiger partial charge in [-0.1, -0.05) is 13.8 Å². The van der Waals surface area contributed by atoms with Crippen molar-refractivity contribution >= 4 is 23.4 Å². The SMILES string of the molecule is CNc1nc(C(C)C)nc(N2CCSCC2)c1C. The Hall–Kier alpha value is -0.970. The van der Waals surface area contributed by atoms with Gasteiger partial charge in [0.15, 0.2) is 0 Å². The topological polar surface area (TPSA) is 41.1 Å². The summed E-state index contributed by atoms with van der Waals surface area (Å²) in [6.07, 6.45) is 0. The molecule has 18 heavy (non-hydrogen) atoms. The molecule has 1 aromatic heterocycles. The summed E-state index contributed by atoms with van der Waals surface area (Å²) in [4.78, 5) is 11.8. The highest BCUT2D eigenvalue weighted by Gasteiger charge is 2.19. The minimum Gasteiger partial charge on any atom is -0.373 e. The van der Waals surface area contributed by atoms with Gasteiger partial charge in [0.1, 0.15) is 17.5 Å². The number of thioether (sulfide) groups is 1. The molecule has 1 aliphatic heterocycles. The lowest BCUT2D eigenvalue weighted by Crippen LogP contribution is -2.34. The minimum absolute atomic E-state index is 0.357. The molecule has 2 heterocycles. The van der Waals surface area contributed by atoms with Crippen molar-refractivity contribution < 1.29 is 0 Å². The van der Waals surface area contributed by atoms with Crippen LogP contribution in [0.25, 0.3) is 0 Å². The lowest BCUT2D eigenvalue weighted by Gasteiger charge is -2.29. The molecule has 0 aromatic carbocycles. The van der Waals surface area contributed by atoms with Gasteiger partial charge in [0.05, 0.1) is 0 Å². The Morgan fingerprint density at radius 3 is 2.44 bits per heavy atom. The van der Waals surface area contributed by atoms with Crippen molar-refractivity contribution in [2.24, 2.45) is 0 Å². The van der Waals surface area contributed by atoms with E-state index in [2.05, 4.69) is 36.0 Å². The molecule has 1 N–H and O–H groups in total. The molecule has 0 amide bonds. The first-order chi connectivity index (χ1) is 8.63. The van der Waals surface area contributed by atoms with Crippen molar-refractivity contribution in [1.29, 1.82) is 0 Å². The summed E-state index contributed by atoms with van der Waals surface area (Å²) >= 11 is 2.02. The van der Waals surface area contributed by atoms with E-state index in [4.69, 9.17) is 4.98 Å². The van der Waals surface area contributed by atoms with E-state index in [-0.39, 0.29) is 0 Å². The van der Waals surface area contributed by atoms with Crippen molar-refractivity contribution in [2.75, 3.05) is 41.9 Å². The molecule has 100 valence electrons. The van der Waals surface area contributed by atoms with Gasteiger partial charge in [-0.15, -0.1) is 0 Å².